The average Bonchev–Trinajstić information content (AvgIpc) is 2.85. The number of hydrogen-bond acceptors (Lipinski definition) is 5. The van der Waals surface area contributed by atoms with Crippen LogP contribution in [0.3, 0.4) is 0 Å². The van der Waals surface area contributed by atoms with E-state index < -0.39 is 36.6 Å². The molecule has 0 bridgehead atoms. The van der Waals surface area contributed by atoms with E-state index in [0.717, 1.165) is 0 Å². The highest BCUT2D eigenvalue weighted by Gasteiger charge is 2.23. The fourth-order valence-electron chi connectivity index (χ4n) is 3.35. The van der Waals surface area contributed by atoms with Gasteiger partial charge in [-0.3, -0.25) is 14.4 Å². The number of halogens is 1. The molecule has 4 amide bonds. The van der Waals surface area contributed by atoms with E-state index in [1.54, 1.807) is 30.3 Å². The number of carbonyl (C=O) groups is 5. The molecule has 0 aliphatic carbocycles. The smallest absolute Gasteiger partial charge is 0.405 e. The van der Waals surface area contributed by atoms with Crippen molar-refractivity contribution in [2.75, 3.05) is 25.0 Å². The lowest BCUT2D eigenvalue weighted by molar-refractivity contribution is -0.126. The van der Waals surface area contributed by atoms with Crippen LogP contribution in [0.4, 0.5) is 15.3 Å². The van der Waals surface area contributed by atoms with Crippen LogP contribution in [0.1, 0.15) is 35.2 Å². The predicted octanol–water partition coefficient (Wildman–Crippen LogP) is 2.72. The van der Waals surface area contributed by atoms with E-state index in [2.05, 4.69) is 16.0 Å². The first-order chi connectivity index (χ1) is 17.1. The quantitative estimate of drug-likeness (QED) is 0.213. The predicted molar refractivity (Wildman–Crippen MR) is 133 cm³/mol. The van der Waals surface area contributed by atoms with Gasteiger partial charge in [0.15, 0.2) is 5.78 Å². The SMILES string of the molecule is CN(C(=O)CNC(=O)C(CCCCNC(=O)O)NC(=O)O)c1ccc(Cl)cc1C(=O)c1ccccc1. The van der Waals surface area contributed by atoms with Crippen molar-refractivity contribution in [3.05, 3.63) is 64.7 Å². The molecule has 1 unspecified atom stereocenters. The number of hydrogen-bond donors (Lipinski definition) is 5. The van der Waals surface area contributed by atoms with Crippen LogP contribution in [0.2, 0.25) is 5.02 Å². The van der Waals surface area contributed by atoms with Crippen molar-refractivity contribution in [3.8, 4) is 0 Å². The minimum absolute atomic E-state index is 0.108. The first-order valence-electron chi connectivity index (χ1n) is 11.0. The third-order valence-electron chi connectivity index (χ3n) is 5.20. The highest BCUT2D eigenvalue weighted by atomic mass is 35.5. The summed E-state index contributed by atoms with van der Waals surface area (Å²) in [5.41, 5.74) is 0.909. The van der Waals surface area contributed by atoms with Gasteiger partial charge in [0, 0.05) is 29.7 Å². The third-order valence-corrected chi connectivity index (χ3v) is 5.43. The molecule has 0 aromatic heterocycles. The summed E-state index contributed by atoms with van der Waals surface area (Å²) in [7, 11) is 1.45. The van der Waals surface area contributed by atoms with E-state index in [-0.39, 0.29) is 24.3 Å². The molecular weight excluding hydrogens is 492 g/mol. The first kappa shape index (κ1) is 28.1. The maximum atomic E-state index is 13.0. The Morgan fingerprint density at radius 2 is 1.64 bits per heavy atom. The van der Waals surface area contributed by atoms with Crippen molar-refractivity contribution < 1.29 is 34.2 Å². The van der Waals surface area contributed by atoms with E-state index >= 15 is 0 Å². The van der Waals surface area contributed by atoms with Crippen molar-refractivity contribution in [3.63, 3.8) is 0 Å². The van der Waals surface area contributed by atoms with Crippen molar-refractivity contribution >= 4 is 47.1 Å². The molecule has 12 heteroatoms. The number of amides is 4. The monoisotopic (exact) mass is 518 g/mol. The van der Waals surface area contributed by atoms with Crippen LogP contribution in [0.15, 0.2) is 48.5 Å². The van der Waals surface area contributed by atoms with E-state index in [0.29, 0.717) is 29.1 Å². The number of carboxylic acid groups (broad SMARTS) is 2. The maximum absolute atomic E-state index is 13.0. The Labute approximate surface area is 212 Å². The van der Waals surface area contributed by atoms with Crippen molar-refractivity contribution in [1.82, 2.24) is 16.0 Å². The molecule has 11 nitrogen and oxygen atoms in total. The van der Waals surface area contributed by atoms with Crippen LogP contribution in [-0.4, -0.2) is 66.2 Å². The second-order valence-corrected chi connectivity index (χ2v) is 8.19. The lowest BCUT2D eigenvalue weighted by Crippen LogP contribution is -2.49. The normalized spacial score (nSPS) is 11.2. The van der Waals surface area contributed by atoms with Gasteiger partial charge in [-0.25, -0.2) is 9.59 Å². The maximum Gasteiger partial charge on any atom is 0.405 e. The van der Waals surface area contributed by atoms with Crippen molar-refractivity contribution in [1.29, 1.82) is 0 Å². The van der Waals surface area contributed by atoms with Gasteiger partial charge in [-0.2, -0.15) is 0 Å². The van der Waals surface area contributed by atoms with E-state index in [9.17, 15) is 24.0 Å². The Balaban J connectivity index is 2.05. The Kier molecular flexibility index (Phi) is 10.7. The van der Waals surface area contributed by atoms with E-state index in [1.165, 1.54) is 30.1 Å². The number of benzene rings is 2. The molecule has 0 heterocycles. The van der Waals surface area contributed by atoms with Gasteiger partial charge in [-0.1, -0.05) is 41.9 Å². The lowest BCUT2D eigenvalue weighted by Gasteiger charge is -2.22. The molecule has 0 radical (unpaired) electrons. The van der Waals surface area contributed by atoms with Gasteiger partial charge >= 0.3 is 12.2 Å². The Bertz CT molecular complexity index is 1110. The Hall–Kier alpha value is -4.12. The van der Waals surface area contributed by atoms with Gasteiger partial charge in [-0.05, 0) is 37.5 Å². The minimum atomic E-state index is -1.41. The number of ketones is 1. The molecule has 0 aliphatic rings. The zero-order chi connectivity index (χ0) is 26.7. The second-order valence-electron chi connectivity index (χ2n) is 7.76. The van der Waals surface area contributed by atoms with Crippen LogP contribution in [0.25, 0.3) is 0 Å². The van der Waals surface area contributed by atoms with Gasteiger partial charge < -0.3 is 31.1 Å². The van der Waals surface area contributed by atoms with E-state index in [4.69, 9.17) is 21.8 Å². The third kappa shape index (κ3) is 8.58. The second kappa shape index (κ2) is 13.7. The number of nitrogens with one attached hydrogen (secondary N) is 3. The summed E-state index contributed by atoms with van der Waals surface area (Å²) >= 11 is 6.09. The first-order valence-corrected chi connectivity index (χ1v) is 11.4. The summed E-state index contributed by atoms with van der Waals surface area (Å²) in [5, 5.41) is 24.6. The molecule has 0 fully saturated rings. The topological polar surface area (TPSA) is 165 Å². The summed E-state index contributed by atoms with van der Waals surface area (Å²) in [4.78, 5) is 61.1. The molecule has 0 saturated heterocycles. The largest absolute Gasteiger partial charge is 0.465 e. The fraction of sp³-hybridized carbons (Fsp3) is 0.292. The molecule has 36 heavy (non-hydrogen) atoms. The molecular formula is C24H27ClN4O7. The molecule has 192 valence electrons. The highest BCUT2D eigenvalue weighted by molar-refractivity contribution is 6.31. The van der Waals surface area contributed by atoms with Gasteiger partial charge in [0.2, 0.25) is 11.8 Å². The highest BCUT2D eigenvalue weighted by Crippen LogP contribution is 2.26. The molecule has 2 aromatic carbocycles. The Morgan fingerprint density at radius 3 is 2.28 bits per heavy atom. The van der Waals surface area contributed by atoms with Crippen molar-refractivity contribution in [2.24, 2.45) is 0 Å². The number of nitrogens with zero attached hydrogens (tertiary/aromatic N) is 1. The molecule has 0 spiro atoms. The standard InChI is InChI=1S/C24H27ClN4O7/c1-29(19-11-10-16(25)13-17(19)21(31)15-7-3-2-4-8-15)20(30)14-27-22(32)18(28-24(35)36)9-5-6-12-26-23(33)34/h2-4,7-8,10-11,13,18,26,28H,5-6,9,12,14H2,1H3,(H,27,32)(H,33,34)(H,35,36). The molecule has 1 atom stereocenters. The van der Waals surface area contributed by atoms with Gasteiger partial charge in [0.25, 0.3) is 0 Å². The molecule has 2 aromatic rings. The van der Waals surface area contributed by atoms with Gasteiger partial charge in [-0.15, -0.1) is 0 Å². The zero-order valence-electron chi connectivity index (χ0n) is 19.5. The average molecular weight is 519 g/mol. The van der Waals surface area contributed by atoms with Crippen LogP contribution in [0, 0.1) is 0 Å². The molecule has 0 aliphatic heterocycles. The minimum Gasteiger partial charge on any atom is -0.465 e. The molecule has 2 rings (SSSR count). The molecule has 0 saturated carbocycles. The van der Waals surface area contributed by atoms with Crippen molar-refractivity contribution in [2.45, 2.75) is 25.3 Å². The summed E-state index contributed by atoms with van der Waals surface area (Å²) in [6.07, 6.45) is -1.72. The summed E-state index contributed by atoms with van der Waals surface area (Å²) in [6.45, 7) is -0.291. The number of carbonyl (C=O) groups excluding carboxylic acids is 3. The molecule has 5 N–H and O–H groups in total. The number of unbranched alkanes of at least 4 members (excludes halogenated alkanes) is 1. The van der Waals surface area contributed by atoms with Crippen LogP contribution < -0.4 is 20.9 Å². The van der Waals surface area contributed by atoms with Gasteiger partial charge in [0.1, 0.15) is 6.04 Å². The number of likely N-dealkylation sites (N-methyl/N-ethyl adjacent to an activating group) is 1. The number of anilines is 1. The number of rotatable bonds is 12. The lowest BCUT2D eigenvalue weighted by atomic mass is 10.0. The summed E-state index contributed by atoms with van der Waals surface area (Å²) < 4.78 is 0. The van der Waals surface area contributed by atoms with Crippen LogP contribution >= 0.6 is 11.6 Å². The van der Waals surface area contributed by atoms with E-state index in [1.807, 2.05) is 0 Å². The summed E-state index contributed by atoms with van der Waals surface area (Å²) in [6, 6.07) is 11.9. The van der Waals surface area contributed by atoms with Gasteiger partial charge in [0.05, 0.1) is 12.2 Å². The van der Waals surface area contributed by atoms with Crippen LogP contribution in [0.5, 0.6) is 0 Å². The summed E-state index contributed by atoms with van der Waals surface area (Å²) in [5.74, 6) is -1.59. The fourth-order valence-corrected chi connectivity index (χ4v) is 3.53. The van der Waals surface area contributed by atoms with Crippen LogP contribution in [-0.2, 0) is 9.59 Å². The zero-order valence-corrected chi connectivity index (χ0v) is 20.2. The Morgan fingerprint density at radius 1 is 0.944 bits per heavy atom.